The molecule has 0 spiro atoms. The molecule has 7 atom stereocenters. The van der Waals surface area contributed by atoms with Crippen LogP contribution >= 0.6 is 0 Å². The fourth-order valence-corrected chi connectivity index (χ4v) is 10.1. The monoisotopic (exact) mass is 794 g/mol. The summed E-state index contributed by atoms with van der Waals surface area (Å²) in [5.74, 6) is -1.77. The second-order valence-corrected chi connectivity index (χ2v) is 19.4. The van der Waals surface area contributed by atoms with Crippen molar-refractivity contribution in [2.45, 2.75) is 114 Å². The van der Waals surface area contributed by atoms with Crippen LogP contribution in [0.5, 0.6) is 11.6 Å². The molecule has 4 heterocycles. The number of ether oxygens (including phenoxy) is 2. The molecule has 3 N–H and O–H groups in total. The molecule has 2 aromatic rings. The first-order valence-electron chi connectivity index (χ1n) is 19.7. The van der Waals surface area contributed by atoms with Crippen molar-refractivity contribution in [3.63, 3.8) is 0 Å². The van der Waals surface area contributed by atoms with E-state index in [4.69, 9.17) is 9.47 Å². The molecule has 5 aliphatic rings. The number of carboxylic acid groups (broad SMARTS) is 1. The molecule has 15 nitrogen and oxygen atoms in total. The summed E-state index contributed by atoms with van der Waals surface area (Å²) < 4.78 is 40.7. The van der Waals surface area contributed by atoms with Crippen molar-refractivity contribution >= 4 is 50.3 Å². The molecule has 304 valence electrons. The number of fused-ring (bicyclic) bond motifs is 5. The number of benzene rings is 1. The SMILES string of the molecule is C[C@H]1CC/C=C\[C@@H]2C[C@@]2(C(=O)NS(=O)(=O)C2CC2)NC(=O)[C@@H]2C[C@@H](Oc3nccc4c5c(ccc34)N(C)CCO5)CN2C(=O)[C@@H](N(C(=O)O)C(C)(C)C)[C@H](C)C1. The predicted octanol–water partition coefficient (Wildman–Crippen LogP) is 4.05. The molecule has 4 amide bonds. The van der Waals surface area contributed by atoms with Gasteiger partial charge in [0.15, 0.2) is 5.75 Å². The van der Waals surface area contributed by atoms with E-state index in [0.29, 0.717) is 43.4 Å². The van der Waals surface area contributed by atoms with Crippen LogP contribution in [0, 0.1) is 17.8 Å². The smallest absolute Gasteiger partial charge is 0.408 e. The lowest BCUT2D eigenvalue weighted by Crippen LogP contribution is -2.62. The summed E-state index contributed by atoms with van der Waals surface area (Å²) in [5, 5.41) is 14.3. The largest absolute Gasteiger partial charge is 0.489 e. The zero-order chi connectivity index (χ0) is 40.3. The van der Waals surface area contributed by atoms with Crippen LogP contribution in [0.3, 0.4) is 0 Å². The summed E-state index contributed by atoms with van der Waals surface area (Å²) in [5.41, 5.74) is -1.58. The van der Waals surface area contributed by atoms with Crippen molar-refractivity contribution in [1.29, 1.82) is 0 Å². The van der Waals surface area contributed by atoms with Gasteiger partial charge in [0.2, 0.25) is 27.7 Å². The minimum absolute atomic E-state index is 0.0124. The molecule has 0 radical (unpaired) electrons. The minimum Gasteiger partial charge on any atom is -0.489 e. The van der Waals surface area contributed by atoms with Crippen molar-refractivity contribution < 1.29 is 42.2 Å². The van der Waals surface area contributed by atoms with Gasteiger partial charge in [-0.05, 0) is 89.3 Å². The van der Waals surface area contributed by atoms with Gasteiger partial charge in [-0.2, -0.15) is 0 Å². The number of sulfonamides is 1. The molecule has 1 saturated heterocycles. The molecule has 7 rings (SSSR count). The number of nitrogens with one attached hydrogen (secondary N) is 2. The number of nitrogens with zero attached hydrogens (tertiary/aromatic N) is 4. The van der Waals surface area contributed by atoms with Gasteiger partial charge < -0.3 is 29.7 Å². The highest BCUT2D eigenvalue weighted by Crippen LogP contribution is 2.47. The van der Waals surface area contributed by atoms with Crippen LogP contribution in [0.4, 0.5) is 10.5 Å². The summed E-state index contributed by atoms with van der Waals surface area (Å²) in [6.45, 7) is 10.4. The fraction of sp³-hybridized carbons (Fsp3) is 0.625. The Bertz CT molecular complexity index is 2050. The Hall–Kier alpha value is -4.60. The van der Waals surface area contributed by atoms with E-state index in [-0.39, 0.29) is 31.2 Å². The van der Waals surface area contributed by atoms with Crippen molar-refractivity contribution in [3.8, 4) is 11.6 Å². The standard InChI is InChI=1S/C40H54N6O9S/c1-23-9-7-8-10-25-21-40(25,37(49)43-56(52,53)27-11-12-27)42-34(47)31-20-26(22-45(31)36(48)32(24(2)19-23)46(38(50)51)39(3,4)5)55-35-29-13-14-30-33(28(29)15-16-41-35)54-18-17-44(30)6/h8,10,13-16,23-27,31-32H,7,9,11-12,17-22H2,1-6H3,(H,42,47)(H,43,49)(H,50,51)/b10-8-/t23-,24+,25+,26+,31-,32-,40+/m0/s1. The van der Waals surface area contributed by atoms with Crippen molar-refractivity contribution in [3.05, 3.63) is 36.5 Å². The number of carbonyl (C=O) groups excluding carboxylic acids is 3. The molecular formula is C40H54N6O9S. The van der Waals surface area contributed by atoms with E-state index in [1.807, 2.05) is 44.3 Å². The number of pyridine rings is 1. The third-order valence-electron chi connectivity index (χ3n) is 12.0. The van der Waals surface area contributed by atoms with Crippen LogP contribution in [0.1, 0.15) is 79.6 Å². The second-order valence-electron chi connectivity index (χ2n) is 17.4. The third-order valence-corrected chi connectivity index (χ3v) is 13.8. The van der Waals surface area contributed by atoms with Crippen LogP contribution in [0.2, 0.25) is 0 Å². The van der Waals surface area contributed by atoms with Gasteiger partial charge in [-0.3, -0.25) is 24.0 Å². The number of carbonyl (C=O) groups is 4. The van der Waals surface area contributed by atoms with Crippen LogP contribution in [0.15, 0.2) is 36.5 Å². The van der Waals surface area contributed by atoms with E-state index in [9.17, 15) is 27.9 Å². The van der Waals surface area contributed by atoms with Gasteiger partial charge >= 0.3 is 6.09 Å². The quantitative estimate of drug-likeness (QED) is 0.358. The highest BCUT2D eigenvalue weighted by molar-refractivity contribution is 7.91. The molecule has 3 aliphatic heterocycles. The fourth-order valence-electron chi connectivity index (χ4n) is 8.76. The number of rotatable bonds is 6. The summed E-state index contributed by atoms with van der Waals surface area (Å²) in [7, 11) is -1.93. The molecule has 0 unspecified atom stereocenters. The van der Waals surface area contributed by atoms with Gasteiger partial charge in [0.1, 0.15) is 30.3 Å². The molecule has 2 saturated carbocycles. The van der Waals surface area contributed by atoms with E-state index in [1.165, 1.54) is 9.80 Å². The Kier molecular flexibility index (Phi) is 10.4. The topological polar surface area (TPSA) is 188 Å². The minimum atomic E-state index is -3.92. The van der Waals surface area contributed by atoms with E-state index < -0.39 is 80.2 Å². The van der Waals surface area contributed by atoms with Gasteiger partial charge in [-0.1, -0.05) is 26.0 Å². The lowest BCUT2D eigenvalue weighted by Gasteiger charge is -2.43. The highest BCUT2D eigenvalue weighted by atomic mass is 32.2. The van der Waals surface area contributed by atoms with E-state index in [0.717, 1.165) is 24.0 Å². The Morgan fingerprint density at radius 2 is 1.86 bits per heavy atom. The maximum atomic E-state index is 15.1. The molecule has 3 fully saturated rings. The number of allylic oxidation sites excluding steroid dienone is 1. The average molecular weight is 795 g/mol. The molecule has 2 aliphatic carbocycles. The number of hydrogen-bond donors (Lipinski definition) is 3. The van der Waals surface area contributed by atoms with Gasteiger partial charge in [0, 0.05) is 41.9 Å². The average Bonchev–Trinajstić information content (AvgIpc) is 4.05. The zero-order valence-corrected chi connectivity index (χ0v) is 33.8. The van der Waals surface area contributed by atoms with E-state index in [1.54, 1.807) is 27.0 Å². The van der Waals surface area contributed by atoms with Crippen LogP contribution in [-0.2, 0) is 24.4 Å². The first-order chi connectivity index (χ1) is 26.4. The Morgan fingerprint density at radius 3 is 2.55 bits per heavy atom. The number of aromatic nitrogens is 1. The molecular weight excluding hydrogens is 741 g/mol. The van der Waals surface area contributed by atoms with Gasteiger partial charge in [0.05, 0.1) is 24.0 Å². The van der Waals surface area contributed by atoms with Crippen LogP contribution in [0.25, 0.3) is 10.8 Å². The summed E-state index contributed by atoms with van der Waals surface area (Å²) in [4.78, 5) is 65.7. The van der Waals surface area contributed by atoms with Crippen LogP contribution < -0.4 is 24.4 Å². The highest BCUT2D eigenvalue weighted by Gasteiger charge is 2.62. The number of anilines is 1. The molecule has 16 heteroatoms. The Labute approximate surface area is 328 Å². The lowest BCUT2D eigenvalue weighted by atomic mass is 9.85. The van der Waals surface area contributed by atoms with Gasteiger partial charge in [-0.25, -0.2) is 18.2 Å². The number of amides is 4. The number of likely N-dealkylation sites (N-methyl/N-ethyl adjacent to an activating group) is 1. The van der Waals surface area contributed by atoms with Crippen molar-refractivity contribution in [2.75, 3.05) is 31.6 Å². The molecule has 56 heavy (non-hydrogen) atoms. The van der Waals surface area contributed by atoms with Crippen molar-refractivity contribution in [2.24, 2.45) is 17.8 Å². The Balaban J connectivity index is 1.26. The normalized spacial score (nSPS) is 30.4. The maximum Gasteiger partial charge on any atom is 0.408 e. The summed E-state index contributed by atoms with van der Waals surface area (Å²) in [6.07, 6.45) is 6.50. The predicted molar refractivity (Wildman–Crippen MR) is 209 cm³/mol. The summed E-state index contributed by atoms with van der Waals surface area (Å²) in [6, 6.07) is 3.38. The molecule has 1 aromatic carbocycles. The van der Waals surface area contributed by atoms with Gasteiger partial charge in [0.25, 0.3) is 5.91 Å². The zero-order valence-electron chi connectivity index (χ0n) is 33.0. The Morgan fingerprint density at radius 1 is 1.11 bits per heavy atom. The van der Waals surface area contributed by atoms with Crippen molar-refractivity contribution in [1.82, 2.24) is 24.8 Å². The third kappa shape index (κ3) is 7.60. The first-order valence-corrected chi connectivity index (χ1v) is 21.3. The molecule has 1 aromatic heterocycles. The van der Waals surface area contributed by atoms with E-state index >= 15 is 4.79 Å². The van der Waals surface area contributed by atoms with Crippen LogP contribution in [-0.4, -0.2) is 113 Å². The summed E-state index contributed by atoms with van der Waals surface area (Å²) >= 11 is 0. The van der Waals surface area contributed by atoms with E-state index in [2.05, 4.69) is 26.8 Å². The van der Waals surface area contributed by atoms with Gasteiger partial charge in [-0.15, -0.1) is 0 Å². The maximum absolute atomic E-state index is 15.1. The molecule has 0 bridgehead atoms. The first kappa shape index (κ1) is 39.6. The second kappa shape index (κ2) is 14.7. The number of hydrogen-bond acceptors (Lipinski definition) is 10. The lowest BCUT2D eigenvalue weighted by molar-refractivity contribution is -0.146.